The highest BCUT2D eigenvalue weighted by atomic mass is 19.1. The Bertz CT molecular complexity index is 606. The molecule has 0 aliphatic heterocycles. The van der Waals surface area contributed by atoms with Gasteiger partial charge in [0.15, 0.2) is 0 Å². The normalized spacial score (nSPS) is 11.5. The average Bonchev–Trinajstić information content (AvgIpc) is 2.35. The summed E-state index contributed by atoms with van der Waals surface area (Å²) in [7, 11) is 0. The Morgan fingerprint density at radius 3 is 2.38 bits per heavy atom. The molecule has 6 heteroatoms. The molecule has 1 aromatic heterocycles. The Morgan fingerprint density at radius 2 is 1.76 bits per heavy atom. The zero-order valence-electron chi connectivity index (χ0n) is 12.2. The van der Waals surface area contributed by atoms with Crippen LogP contribution in [0.1, 0.15) is 26.5 Å². The van der Waals surface area contributed by atoms with E-state index < -0.39 is 11.6 Å². The summed E-state index contributed by atoms with van der Waals surface area (Å²) in [6.45, 7) is 6.63. The smallest absolute Gasteiger partial charge is 0.238 e. The maximum atomic E-state index is 13.1. The first-order chi connectivity index (χ1) is 9.82. The third-order valence-electron chi connectivity index (χ3n) is 2.52. The number of nitrogens with zero attached hydrogens (tertiary/aromatic N) is 2. The average molecular weight is 293 g/mol. The van der Waals surface area contributed by atoms with Crippen LogP contribution in [-0.2, 0) is 6.54 Å². The second-order valence-electron chi connectivity index (χ2n) is 5.66. The van der Waals surface area contributed by atoms with Gasteiger partial charge >= 0.3 is 0 Å². The predicted octanol–water partition coefficient (Wildman–Crippen LogP) is 3.44. The first-order valence-corrected chi connectivity index (χ1v) is 6.52. The molecule has 2 rings (SSSR count). The van der Waals surface area contributed by atoms with E-state index in [1.165, 1.54) is 6.20 Å². The maximum Gasteiger partial charge on any atom is 0.238 e. The Morgan fingerprint density at radius 1 is 1.10 bits per heavy atom. The number of hydrogen-bond donors (Lipinski definition) is 1. The molecule has 0 saturated heterocycles. The topological polar surface area (TPSA) is 47.0 Å². The van der Waals surface area contributed by atoms with Gasteiger partial charge < -0.3 is 10.1 Å². The number of ether oxygens (including phenoxy) is 1. The molecule has 0 spiro atoms. The third-order valence-corrected chi connectivity index (χ3v) is 2.52. The highest BCUT2D eigenvalue weighted by Crippen LogP contribution is 2.21. The van der Waals surface area contributed by atoms with Crippen molar-refractivity contribution in [2.45, 2.75) is 32.9 Å². The molecule has 2 aromatic rings. The molecular weight excluding hydrogens is 276 g/mol. The van der Waals surface area contributed by atoms with E-state index in [0.29, 0.717) is 12.2 Å². The van der Waals surface area contributed by atoms with E-state index in [-0.39, 0.29) is 17.2 Å². The summed E-state index contributed by atoms with van der Waals surface area (Å²) in [5.41, 5.74) is 0.629. The maximum absolute atomic E-state index is 13.1. The lowest BCUT2D eigenvalue weighted by Gasteiger charge is -2.20. The lowest BCUT2D eigenvalue weighted by Crippen LogP contribution is -2.35. The van der Waals surface area contributed by atoms with Gasteiger partial charge in [-0.05, 0) is 20.8 Å². The molecule has 0 saturated carbocycles. The predicted molar refractivity (Wildman–Crippen MR) is 75.1 cm³/mol. The zero-order valence-corrected chi connectivity index (χ0v) is 12.2. The first-order valence-electron chi connectivity index (χ1n) is 6.52. The first kappa shape index (κ1) is 15.3. The molecular formula is C15H17F2N3O. The fourth-order valence-electron chi connectivity index (χ4n) is 1.58. The molecule has 21 heavy (non-hydrogen) atoms. The van der Waals surface area contributed by atoms with Crippen LogP contribution in [0.5, 0.6) is 11.6 Å². The highest BCUT2D eigenvalue weighted by Gasteiger charge is 2.10. The molecule has 0 atom stereocenters. The molecule has 0 radical (unpaired) electrons. The van der Waals surface area contributed by atoms with Crippen LogP contribution < -0.4 is 10.1 Å². The lowest BCUT2D eigenvalue weighted by molar-refractivity contribution is 0.413. The van der Waals surface area contributed by atoms with Crippen LogP contribution in [0.15, 0.2) is 30.6 Å². The van der Waals surface area contributed by atoms with Crippen LogP contribution >= 0.6 is 0 Å². The van der Waals surface area contributed by atoms with Crippen molar-refractivity contribution in [3.8, 4) is 11.6 Å². The number of halogens is 2. The molecule has 0 aliphatic rings. The van der Waals surface area contributed by atoms with Gasteiger partial charge in [0.1, 0.15) is 17.4 Å². The highest BCUT2D eigenvalue weighted by molar-refractivity contribution is 5.27. The Hall–Kier alpha value is -2.08. The zero-order chi connectivity index (χ0) is 15.5. The number of aromatic nitrogens is 2. The van der Waals surface area contributed by atoms with Crippen molar-refractivity contribution in [1.82, 2.24) is 15.3 Å². The van der Waals surface area contributed by atoms with E-state index >= 15 is 0 Å². The minimum absolute atomic E-state index is 0.0442. The molecule has 0 aliphatic carbocycles. The van der Waals surface area contributed by atoms with Crippen LogP contribution in [0, 0.1) is 11.6 Å². The lowest BCUT2D eigenvalue weighted by atomic mass is 10.1. The third kappa shape index (κ3) is 5.07. The van der Waals surface area contributed by atoms with Gasteiger partial charge in [0.05, 0.1) is 11.9 Å². The molecule has 4 nitrogen and oxygen atoms in total. The van der Waals surface area contributed by atoms with E-state index in [2.05, 4.69) is 15.3 Å². The summed E-state index contributed by atoms with van der Waals surface area (Å²) in [5, 5.41) is 3.27. The number of rotatable bonds is 4. The van der Waals surface area contributed by atoms with Crippen molar-refractivity contribution in [3.63, 3.8) is 0 Å². The summed E-state index contributed by atoms with van der Waals surface area (Å²) in [6.07, 6.45) is 3.00. The van der Waals surface area contributed by atoms with Crippen LogP contribution in [0.3, 0.4) is 0 Å². The largest absolute Gasteiger partial charge is 0.437 e. The van der Waals surface area contributed by atoms with Crippen molar-refractivity contribution >= 4 is 0 Å². The van der Waals surface area contributed by atoms with Crippen molar-refractivity contribution in [2.24, 2.45) is 0 Å². The van der Waals surface area contributed by atoms with Gasteiger partial charge in [-0.1, -0.05) is 0 Å². The quantitative estimate of drug-likeness (QED) is 0.938. The van der Waals surface area contributed by atoms with Crippen LogP contribution in [0.25, 0.3) is 0 Å². The van der Waals surface area contributed by atoms with Gasteiger partial charge in [-0.25, -0.2) is 13.8 Å². The minimum Gasteiger partial charge on any atom is -0.437 e. The van der Waals surface area contributed by atoms with Crippen molar-refractivity contribution < 1.29 is 13.5 Å². The summed E-state index contributed by atoms with van der Waals surface area (Å²) >= 11 is 0. The van der Waals surface area contributed by atoms with Crippen LogP contribution in [0.4, 0.5) is 8.78 Å². The molecule has 0 bridgehead atoms. The second kappa shape index (κ2) is 6.13. The Labute approximate surface area is 122 Å². The molecule has 1 N–H and O–H groups in total. The monoisotopic (exact) mass is 293 g/mol. The molecule has 112 valence electrons. The standard InChI is InChI=1S/C15H17F2N3O/c1-15(2,3)19-8-12-7-18-9-14(20-12)21-13-5-10(16)4-11(17)6-13/h4-7,9,19H,8H2,1-3H3. The van der Waals surface area contributed by atoms with E-state index in [4.69, 9.17) is 4.74 Å². The van der Waals surface area contributed by atoms with E-state index in [1.807, 2.05) is 20.8 Å². The van der Waals surface area contributed by atoms with Gasteiger partial charge in [0.2, 0.25) is 5.88 Å². The number of nitrogens with one attached hydrogen (secondary N) is 1. The van der Waals surface area contributed by atoms with Crippen molar-refractivity contribution in [3.05, 3.63) is 47.9 Å². The van der Waals surface area contributed by atoms with E-state index in [0.717, 1.165) is 18.2 Å². The van der Waals surface area contributed by atoms with Gasteiger partial charge in [-0.15, -0.1) is 0 Å². The molecule has 0 fully saturated rings. The molecule has 1 aromatic carbocycles. The molecule has 0 unspecified atom stereocenters. The van der Waals surface area contributed by atoms with Gasteiger partial charge in [-0.2, -0.15) is 0 Å². The molecule has 1 heterocycles. The summed E-state index contributed by atoms with van der Waals surface area (Å²) in [6, 6.07) is 2.96. The minimum atomic E-state index is -0.705. The number of benzene rings is 1. The Kier molecular flexibility index (Phi) is 4.47. The summed E-state index contributed by atoms with van der Waals surface area (Å²) in [4.78, 5) is 8.25. The van der Waals surface area contributed by atoms with Gasteiger partial charge in [0.25, 0.3) is 0 Å². The van der Waals surface area contributed by atoms with E-state index in [9.17, 15) is 8.78 Å². The second-order valence-corrected chi connectivity index (χ2v) is 5.66. The van der Waals surface area contributed by atoms with Crippen molar-refractivity contribution in [1.29, 1.82) is 0 Å². The summed E-state index contributed by atoms with van der Waals surface area (Å²) < 4.78 is 31.5. The SMILES string of the molecule is CC(C)(C)NCc1cncc(Oc2cc(F)cc(F)c2)n1. The number of hydrogen-bond acceptors (Lipinski definition) is 4. The molecule has 0 amide bonds. The van der Waals surface area contributed by atoms with E-state index in [1.54, 1.807) is 6.20 Å². The fourth-order valence-corrected chi connectivity index (χ4v) is 1.58. The van der Waals surface area contributed by atoms with Gasteiger partial charge in [0, 0.05) is 36.5 Å². The summed E-state index contributed by atoms with van der Waals surface area (Å²) in [5.74, 6) is -1.18. The van der Waals surface area contributed by atoms with Crippen molar-refractivity contribution in [2.75, 3.05) is 0 Å². The van der Waals surface area contributed by atoms with Crippen LogP contribution in [-0.4, -0.2) is 15.5 Å². The Balaban J connectivity index is 2.10. The van der Waals surface area contributed by atoms with Crippen LogP contribution in [0.2, 0.25) is 0 Å². The van der Waals surface area contributed by atoms with Gasteiger partial charge in [-0.3, -0.25) is 4.98 Å². The fraction of sp³-hybridized carbons (Fsp3) is 0.333.